The quantitative estimate of drug-likeness (QED) is 0.467. The lowest BCUT2D eigenvalue weighted by Gasteiger charge is -2.32. The lowest BCUT2D eigenvalue weighted by atomic mass is 9.88. The molecule has 1 saturated heterocycles. The van der Waals surface area contributed by atoms with Crippen LogP contribution in [-0.2, 0) is 11.2 Å². The van der Waals surface area contributed by atoms with Gasteiger partial charge in [0.25, 0.3) is 0 Å². The second-order valence-corrected chi connectivity index (χ2v) is 8.25. The van der Waals surface area contributed by atoms with Gasteiger partial charge in [-0.25, -0.2) is 5.84 Å². The first kappa shape index (κ1) is 19.5. The lowest BCUT2D eigenvalue weighted by molar-refractivity contribution is -0.135. The van der Waals surface area contributed by atoms with Gasteiger partial charge in [0, 0.05) is 13.0 Å². The maximum atomic E-state index is 11.8. The summed E-state index contributed by atoms with van der Waals surface area (Å²) in [4.78, 5) is 11.8. The van der Waals surface area contributed by atoms with E-state index in [0.717, 1.165) is 42.6 Å². The number of phenolic OH excluding ortho intramolecular Hbond substituents is 1. The summed E-state index contributed by atoms with van der Waals surface area (Å²) in [5.41, 5.74) is 2.64. The molecule has 1 amide bonds. The number of fused-ring (bicyclic) bond motifs is 1. The third-order valence-corrected chi connectivity index (χ3v) is 5.41. The summed E-state index contributed by atoms with van der Waals surface area (Å²) in [7, 11) is 0. The van der Waals surface area contributed by atoms with Gasteiger partial charge >= 0.3 is 0 Å². The molecular formula is C22H30N2O3. The highest BCUT2D eigenvalue weighted by Crippen LogP contribution is 2.40. The van der Waals surface area contributed by atoms with Crippen molar-refractivity contribution in [2.75, 3.05) is 6.54 Å². The SMILES string of the molecule is CC(C)=CCCC1(C)C=Cc2c(O)cc(CC3CCN(N)C(=O)C3)cc2O1. The van der Waals surface area contributed by atoms with Crippen LogP contribution in [0.25, 0.3) is 6.08 Å². The first-order valence-electron chi connectivity index (χ1n) is 9.68. The van der Waals surface area contributed by atoms with Gasteiger partial charge in [-0.05, 0) is 82.2 Å². The molecule has 0 bridgehead atoms. The zero-order valence-electron chi connectivity index (χ0n) is 16.5. The fraction of sp³-hybridized carbons (Fsp3) is 0.500. The van der Waals surface area contributed by atoms with Gasteiger partial charge in [-0.2, -0.15) is 0 Å². The predicted octanol–water partition coefficient (Wildman–Crippen LogP) is 3.96. The molecule has 3 N–H and O–H groups in total. The fourth-order valence-corrected chi connectivity index (χ4v) is 3.78. The van der Waals surface area contributed by atoms with Crippen molar-refractivity contribution in [2.45, 2.75) is 58.5 Å². The molecule has 2 aliphatic rings. The van der Waals surface area contributed by atoms with E-state index in [9.17, 15) is 9.90 Å². The number of piperidine rings is 1. The van der Waals surface area contributed by atoms with Gasteiger partial charge in [0.1, 0.15) is 17.1 Å². The van der Waals surface area contributed by atoms with Crippen LogP contribution in [0, 0.1) is 5.92 Å². The van der Waals surface area contributed by atoms with Gasteiger partial charge < -0.3 is 9.84 Å². The minimum atomic E-state index is -0.384. The summed E-state index contributed by atoms with van der Waals surface area (Å²) >= 11 is 0. The Kier molecular flexibility index (Phi) is 5.61. The number of carbonyl (C=O) groups excluding carboxylic acids is 1. The van der Waals surface area contributed by atoms with Gasteiger partial charge in [-0.15, -0.1) is 0 Å². The molecule has 2 unspecified atom stereocenters. The molecule has 2 heterocycles. The summed E-state index contributed by atoms with van der Waals surface area (Å²) in [5.74, 6) is 6.83. The summed E-state index contributed by atoms with van der Waals surface area (Å²) in [6.07, 6.45) is 10.1. The van der Waals surface area contributed by atoms with Crippen molar-refractivity contribution in [1.82, 2.24) is 5.01 Å². The highest BCUT2D eigenvalue weighted by atomic mass is 16.5. The number of ether oxygens (including phenoxy) is 1. The number of hydrogen-bond acceptors (Lipinski definition) is 4. The zero-order valence-corrected chi connectivity index (χ0v) is 16.5. The van der Waals surface area contributed by atoms with Crippen LogP contribution in [0.3, 0.4) is 0 Å². The summed E-state index contributed by atoms with van der Waals surface area (Å²) < 4.78 is 6.28. The molecule has 0 aromatic heterocycles. The number of aromatic hydroxyl groups is 1. The standard InChI is InChI=1S/C22H30N2O3/c1-15(2)5-4-8-22(3)9-6-18-19(25)12-17(13-20(18)27-22)11-16-7-10-24(23)21(26)14-16/h5-6,9,12-13,16,25H,4,7-8,10-11,14,23H2,1-3H3. The largest absolute Gasteiger partial charge is 0.507 e. The topological polar surface area (TPSA) is 75.8 Å². The van der Waals surface area contributed by atoms with Gasteiger partial charge in [0.2, 0.25) is 5.91 Å². The summed E-state index contributed by atoms with van der Waals surface area (Å²) in [6, 6.07) is 3.80. The normalized spacial score (nSPS) is 24.4. The molecule has 0 radical (unpaired) electrons. The fourth-order valence-electron chi connectivity index (χ4n) is 3.78. The molecule has 1 aromatic rings. The van der Waals surface area contributed by atoms with Crippen molar-refractivity contribution < 1.29 is 14.6 Å². The van der Waals surface area contributed by atoms with Crippen LogP contribution in [0.5, 0.6) is 11.5 Å². The first-order valence-corrected chi connectivity index (χ1v) is 9.68. The smallest absolute Gasteiger partial charge is 0.236 e. The van der Waals surface area contributed by atoms with E-state index in [-0.39, 0.29) is 23.2 Å². The van der Waals surface area contributed by atoms with Gasteiger partial charge in [-0.1, -0.05) is 11.6 Å². The highest BCUT2D eigenvalue weighted by Gasteiger charge is 2.29. The third-order valence-electron chi connectivity index (χ3n) is 5.41. The number of benzene rings is 1. The Bertz CT molecular complexity index is 780. The molecule has 5 nitrogen and oxygen atoms in total. The van der Waals surface area contributed by atoms with Crippen molar-refractivity contribution in [2.24, 2.45) is 11.8 Å². The molecule has 146 valence electrons. The average molecular weight is 370 g/mol. The molecule has 1 fully saturated rings. The number of phenols is 1. The van der Waals surface area contributed by atoms with Crippen LogP contribution in [-0.4, -0.2) is 28.2 Å². The minimum absolute atomic E-state index is 0.0144. The van der Waals surface area contributed by atoms with Crippen LogP contribution < -0.4 is 10.6 Å². The Morgan fingerprint density at radius 1 is 1.44 bits per heavy atom. The minimum Gasteiger partial charge on any atom is -0.507 e. The Morgan fingerprint density at radius 3 is 2.93 bits per heavy atom. The van der Waals surface area contributed by atoms with Crippen molar-refractivity contribution >= 4 is 12.0 Å². The van der Waals surface area contributed by atoms with E-state index in [1.807, 2.05) is 18.2 Å². The third kappa shape index (κ3) is 4.72. The summed E-state index contributed by atoms with van der Waals surface area (Å²) in [6.45, 7) is 6.85. The number of allylic oxidation sites excluding steroid dienone is 2. The monoisotopic (exact) mass is 370 g/mol. The Labute approximate surface area is 161 Å². The van der Waals surface area contributed by atoms with Gasteiger partial charge in [0.15, 0.2) is 0 Å². The van der Waals surface area contributed by atoms with Crippen molar-refractivity contribution in [3.05, 3.63) is 41.0 Å². The number of amides is 1. The molecule has 0 aliphatic carbocycles. The molecule has 1 aromatic carbocycles. The van der Waals surface area contributed by atoms with Gasteiger partial charge in [-0.3, -0.25) is 9.80 Å². The molecule has 2 aliphatic heterocycles. The molecular weight excluding hydrogens is 340 g/mol. The highest BCUT2D eigenvalue weighted by molar-refractivity contribution is 5.76. The van der Waals surface area contributed by atoms with E-state index in [2.05, 4.69) is 26.8 Å². The van der Waals surface area contributed by atoms with Gasteiger partial charge in [0.05, 0.1) is 5.56 Å². The number of hydrazine groups is 1. The van der Waals surface area contributed by atoms with Crippen molar-refractivity contribution in [3.63, 3.8) is 0 Å². The average Bonchev–Trinajstić information content (AvgIpc) is 2.57. The molecule has 5 heteroatoms. The molecule has 2 atom stereocenters. The first-order chi connectivity index (χ1) is 12.8. The summed E-state index contributed by atoms with van der Waals surface area (Å²) in [5, 5.41) is 11.7. The van der Waals surface area contributed by atoms with Crippen LogP contribution in [0.2, 0.25) is 0 Å². The number of nitrogens with zero attached hydrogens (tertiary/aromatic N) is 1. The molecule has 27 heavy (non-hydrogen) atoms. The number of carbonyl (C=O) groups is 1. The van der Waals surface area contributed by atoms with E-state index < -0.39 is 0 Å². The zero-order chi connectivity index (χ0) is 19.6. The second kappa shape index (κ2) is 7.77. The van der Waals surface area contributed by atoms with Crippen LogP contribution >= 0.6 is 0 Å². The molecule has 0 saturated carbocycles. The number of hydrogen-bond donors (Lipinski definition) is 2. The maximum absolute atomic E-state index is 11.8. The van der Waals surface area contributed by atoms with Crippen LogP contribution in [0.1, 0.15) is 57.6 Å². The predicted molar refractivity (Wildman–Crippen MR) is 107 cm³/mol. The lowest BCUT2D eigenvalue weighted by Crippen LogP contribution is -2.43. The number of rotatable bonds is 5. The van der Waals surface area contributed by atoms with Crippen LogP contribution in [0.4, 0.5) is 0 Å². The van der Waals surface area contributed by atoms with Crippen molar-refractivity contribution in [1.29, 1.82) is 0 Å². The van der Waals surface area contributed by atoms with Crippen molar-refractivity contribution in [3.8, 4) is 11.5 Å². The van der Waals surface area contributed by atoms with E-state index in [1.165, 1.54) is 10.6 Å². The molecule has 0 spiro atoms. The Balaban J connectivity index is 1.74. The van der Waals surface area contributed by atoms with Crippen LogP contribution in [0.15, 0.2) is 29.9 Å². The van der Waals surface area contributed by atoms with E-state index in [0.29, 0.717) is 13.0 Å². The van der Waals surface area contributed by atoms with E-state index in [1.54, 1.807) is 6.07 Å². The maximum Gasteiger partial charge on any atom is 0.236 e. The Morgan fingerprint density at radius 2 is 2.22 bits per heavy atom. The molecule has 3 rings (SSSR count). The Hall–Kier alpha value is -2.27. The van der Waals surface area contributed by atoms with E-state index >= 15 is 0 Å². The van der Waals surface area contributed by atoms with E-state index in [4.69, 9.17) is 10.6 Å². The second-order valence-electron chi connectivity index (χ2n) is 8.25. The number of nitrogens with two attached hydrogens (primary N) is 1.